The number of carbonyl (C=O) groups excluding carboxylic acids is 1. The third kappa shape index (κ3) is 3.62. The van der Waals surface area contributed by atoms with E-state index in [2.05, 4.69) is 9.97 Å². The van der Waals surface area contributed by atoms with Gasteiger partial charge in [0.25, 0.3) is 5.56 Å². The van der Waals surface area contributed by atoms with Crippen LogP contribution in [0.3, 0.4) is 0 Å². The molecule has 0 saturated carbocycles. The van der Waals surface area contributed by atoms with E-state index in [4.69, 9.17) is 4.74 Å². The minimum Gasteiger partial charge on any atom is -0.444 e. The zero-order valence-corrected chi connectivity index (χ0v) is 17.2. The second-order valence-electron chi connectivity index (χ2n) is 8.37. The molecule has 0 saturated heterocycles. The Balaban J connectivity index is 1.79. The Morgan fingerprint density at radius 1 is 1.28 bits per heavy atom. The maximum Gasteiger partial charge on any atom is 0.410 e. The fourth-order valence-corrected chi connectivity index (χ4v) is 3.69. The quantitative estimate of drug-likeness (QED) is 0.666. The number of carbonyl (C=O) groups is 1. The van der Waals surface area contributed by atoms with Gasteiger partial charge in [-0.1, -0.05) is 0 Å². The molecule has 0 N–H and O–H groups in total. The van der Waals surface area contributed by atoms with Crippen LogP contribution in [-0.2, 0) is 31.3 Å². The van der Waals surface area contributed by atoms with Gasteiger partial charge in [0.05, 0.1) is 25.1 Å². The van der Waals surface area contributed by atoms with Crippen LogP contribution in [0.15, 0.2) is 35.6 Å². The Labute approximate surface area is 168 Å². The predicted octanol–water partition coefficient (Wildman–Crippen LogP) is 2.47. The molecule has 152 valence electrons. The van der Waals surface area contributed by atoms with E-state index in [1.807, 2.05) is 44.5 Å². The number of imidazole rings is 1. The summed E-state index contributed by atoms with van der Waals surface area (Å²) < 4.78 is 9.06. The molecule has 0 fully saturated rings. The molecular formula is C21H25N5O3. The van der Waals surface area contributed by atoms with Crippen molar-refractivity contribution in [3.05, 3.63) is 58.0 Å². The fraction of sp³-hybridized carbons (Fsp3) is 0.429. The number of fused-ring (bicyclic) bond motifs is 3. The van der Waals surface area contributed by atoms with E-state index in [-0.39, 0.29) is 12.1 Å². The molecule has 0 spiro atoms. The van der Waals surface area contributed by atoms with E-state index in [1.165, 1.54) is 0 Å². The van der Waals surface area contributed by atoms with Gasteiger partial charge in [0.1, 0.15) is 11.2 Å². The summed E-state index contributed by atoms with van der Waals surface area (Å²) in [7, 11) is 1.89. The summed E-state index contributed by atoms with van der Waals surface area (Å²) in [4.78, 5) is 36.2. The molecule has 0 bridgehead atoms. The van der Waals surface area contributed by atoms with Crippen molar-refractivity contribution in [1.82, 2.24) is 24.0 Å². The summed E-state index contributed by atoms with van der Waals surface area (Å²) in [6.07, 6.45) is 5.35. The van der Waals surface area contributed by atoms with Crippen molar-refractivity contribution in [1.29, 1.82) is 0 Å². The second-order valence-corrected chi connectivity index (χ2v) is 8.37. The molecule has 0 atom stereocenters. The van der Waals surface area contributed by atoms with Crippen LogP contribution in [0, 0.1) is 0 Å². The first-order valence-corrected chi connectivity index (χ1v) is 9.67. The second kappa shape index (κ2) is 7.02. The highest BCUT2D eigenvalue weighted by molar-refractivity contribution is 5.81. The van der Waals surface area contributed by atoms with Crippen molar-refractivity contribution >= 4 is 17.1 Å². The number of aryl methyl sites for hydroxylation is 1. The summed E-state index contributed by atoms with van der Waals surface area (Å²) in [6.45, 7) is 6.62. The van der Waals surface area contributed by atoms with Crippen LogP contribution in [0.4, 0.5) is 4.79 Å². The minimum absolute atomic E-state index is 0.124. The van der Waals surface area contributed by atoms with Crippen LogP contribution in [0.2, 0.25) is 0 Å². The molecular weight excluding hydrogens is 370 g/mol. The standard InChI is InChI=1S/C21H25N5O3/c1-21(2,3)29-20(28)25-9-7-15-16-6-5-8-23-18(16)26(19(27)17(15)12-25)11-14-10-22-13-24(14)4/h5-6,8,10,13H,7,9,11-12H2,1-4H3. The average Bonchev–Trinajstić information content (AvgIpc) is 3.08. The summed E-state index contributed by atoms with van der Waals surface area (Å²) in [5, 5.41) is 0.952. The molecule has 3 aromatic rings. The zero-order chi connectivity index (χ0) is 20.8. The summed E-state index contributed by atoms with van der Waals surface area (Å²) in [5.74, 6) is 0. The molecule has 0 aliphatic carbocycles. The number of ether oxygens (including phenoxy) is 1. The summed E-state index contributed by atoms with van der Waals surface area (Å²) >= 11 is 0. The predicted molar refractivity (Wildman–Crippen MR) is 109 cm³/mol. The van der Waals surface area contributed by atoms with Crippen LogP contribution in [0.25, 0.3) is 11.0 Å². The molecule has 3 aromatic heterocycles. The Morgan fingerprint density at radius 3 is 2.76 bits per heavy atom. The summed E-state index contributed by atoms with van der Waals surface area (Å²) in [5.41, 5.74) is 2.45. The number of pyridine rings is 2. The van der Waals surface area contributed by atoms with E-state index in [0.717, 1.165) is 16.6 Å². The topological polar surface area (TPSA) is 82.3 Å². The third-order valence-corrected chi connectivity index (χ3v) is 5.10. The van der Waals surface area contributed by atoms with Crippen molar-refractivity contribution in [3.63, 3.8) is 0 Å². The van der Waals surface area contributed by atoms with Crippen molar-refractivity contribution in [2.45, 2.75) is 45.9 Å². The van der Waals surface area contributed by atoms with Crippen molar-refractivity contribution < 1.29 is 9.53 Å². The first-order chi connectivity index (χ1) is 13.7. The van der Waals surface area contributed by atoms with Gasteiger partial charge in [0.2, 0.25) is 0 Å². The van der Waals surface area contributed by atoms with Crippen molar-refractivity contribution in [2.75, 3.05) is 6.54 Å². The van der Waals surface area contributed by atoms with Gasteiger partial charge < -0.3 is 14.2 Å². The van der Waals surface area contributed by atoms with Crippen LogP contribution >= 0.6 is 0 Å². The van der Waals surface area contributed by atoms with Gasteiger partial charge in [-0.25, -0.2) is 14.8 Å². The Morgan fingerprint density at radius 2 is 2.07 bits per heavy atom. The van der Waals surface area contributed by atoms with Gasteiger partial charge in [-0.05, 0) is 44.9 Å². The highest BCUT2D eigenvalue weighted by Gasteiger charge is 2.29. The normalized spacial score (nSPS) is 14.1. The Bertz CT molecular complexity index is 1140. The average molecular weight is 395 g/mol. The molecule has 1 amide bonds. The van der Waals surface area contributed by atoms with Gasteiger partial charge >= 0.3 is 6.09 Å². The van der Waals surface area contributed by atoms with E-state index in [0.29, 0.717) is 30.7 Å². The highest BCUT2D eigenvalue weighted by atomic mass is 16.6. The lowest BCUT2D eigenvalue weighted by Gasteiger charge is -2.31. The maximum atomic E-state index is 13.4. The Kier molecular flexibility index (Phi) is 4.64. The van der Waals surface area contributed by atoms with Gasteiger partial charge in [0, 0.05) is 36.9 Å². The van der Waals surface area contributed by atoms with Crippen LogP contribution < -0.4 is 5.56 Å². The van der Waals surface area contributed by atoms with Crippen molar-refractivity contribution in [3.8, 4) is 0 Å². The molecule has 4 rings (SSSR count). The van der Waals surface area contributed by atoms with Crippen LogP contribution in [0.1, 0.15) is 37.6 Å². The lowest BCUT2D eigenvalue weighted by molar-refractivity contribution is 0.0223. The molecule has 1 aliphatic rings. The monoisotopic (exact) mass is 395 g/mol. The van der Waals surface area contributed by atoms with Gasteiger partial charge in [-0.15, -0.1) is 0 Å². The molecule has 0 unspecified atom stereocenters. The molecule has 4 heterocycles. The molecule has 29 heavy (non-hydrogen) atoms. The molecule has 8 nitrogen and oxygen atoms in total. The lowest BCUT2D eigenvalue weighted by Crippen LogP contribution is -2.43. The number of nitrogens with zero attached hydrogens (tertiary/aromatic N) is 5. The fourth-order valence-electron chi connectivity index (χ4n) is 3.69. The number of hydrogen-bond donors (Lipinski definition) is 0. The van der Waals surface area contributed by atoms with E-state index in [1.54, 1.807) is 28.2 Å². The minimum atomic E-state index is -0.579. The first kappa shape index (κ1) is 19.2. The number of rotatable bonds is 2. The SMILES string of the molecule is Cn1cncc1Cn1c(=O)c2c(c3cccnc31)CCN(C(=O)OC(C)(C)C)C2. The molecule has 8 heteroatoms. The Hall–Kier alpha value is -3.16. The van der Waals surface area contributed by atoms with Gasteiger partial charge in [-0.3, -0.25) is 9.36 Å². The maximum absolute atomic E-state index is 13.4. The molecule has 1 aliphatic heterocycles. The summed E-state index contributed by atoms with van der Waals surface area (Å²) in [6, 6.07) is 3.87. The number of amides is 1. The first-order valence-electron chi connectivity index (χ1n) is 9.67. The lowest BCUT2D eigenvalue weighted by atomic mass is 9.97. The van der Waals surface area contributed by atoms with Crippen LogP contribution in [0.5, 0.6) is 0 Å². The smallest absolute Gasteiger partial charge is 0.410 e. The van der Waals surface area contributed by atoms with Crippen molar-refractivity contribution in [2.24, 2.45) is 7.05 Å². The largest absolute Gasteiger partial charge is 0.444 e. The number of aromatic nitrogens is 4. The molecule has 0 radical (unpaired) electrons. The zero-order valence-electron chi connectivity index (χ0n) is 17.2. The van der Waals surface area contributed by atoms with Gasteiger partial charge in [0.15, 0.2) is 0 Å². The van der Waals surface area contributed by atoms with E-state index >= 15 is 0 Å². The van der Waals surface area contributed by atoms with Crippen LogP contribution in [-0.4, -0.2) is 42.2 Å². The van der Waals surface area contributed by atoms with Gasteiger partial charge in [-0.2, -0.15) is 0 Å². The highest BCUT2D eigenvalue weighted by Crippen LogP contribution is 2.25. The van der Waals surface area contributed by atoms with E-state index < -0.39 is 11.7 Å². The third-order valence-electron chi connectivity index (χ3n) is 5.10. The molecule has 0 aromatic carbocycles. The number of hydrogen-bond acceptors (Lipinski definition) is 5. The van der Waals surface area contributed by atoms with E-state index in [9.17, 15) is 9.59 Å².